The van der Waals surface area contributed by atoms with Gasteiger partial charge in [-0.25, -0.2) is 0 Å². The van der Waals surface area contributed by atoms with Gasteiger partial charge in [0.05, 0.1) is 6.10 Å². The Hall–Kier alpha value is -1.34. The number of aliphatic hydroxyl groups is 1. The van der Waals surface area contributed by atoms with Crippen LogP contribution < -0.4 is 0 Å². The van der Waals surface area contributed by atoms with Crippen LogP contribution in [0.25, 0.3) is 10.8 Å². The second kappa shape index (κ2) is 5.57. The normalized spacial score (nSPS) is 23.4. The van der Waals surface area contributed by atoms with Crippen molar-refractivity contribution in [3.05, 3.63) is 47.5 Å². The van der Waals surface area contributed by atoms with E-state index in [9.17, 15) is 5.11 Å². The number of aliphatic hydroxyl groups excluding tert-OH is 1. The Balaban J connectivity index is 2.21. The van der Waals surface area contributed by atoms with Crippen LogP contribution in [0.2, 0.25) is 0 Å². The maximum Gasteiger partial charge on any atom is 0.0609 e. The number of hydrogen-bond acceptors (Lipinski definition) is 1. The van der Waals surface area contributed by atoms with Gasteiger partial charge in [0.15, 0.2) is 0 Å². The van der Waals surface area contributed by atoms with Crippen molar-refractivity contribution in [2.24, 2.45) is 0 Å². The van der Waals surface area contributed by atoms with Gasteiger partial charge in [-0.05, 0) is 40.7 Å². The second-order valence-electron chi connectivity index (χ2n) is 6.40. The van der Waals surface area contributed by atoms with Gasteiger partial charge in [0.25, 0.3) is 0 Å². The monoisotopic (exact) mass is 268 g/mol. The number of rotatable bonds is 2. The van der Waals surface area contributed by atoms with Gasteiger partial charge >= 0.3 is 0 Å². The van der Waals surface area contributed by atoms with Gasteiger partial charge < -0.3 is 5.11 Å². The lowest BCUT2D eigenvalue weighted by molar-refractivity contribution is 0.106. The Labute approximate surface area is 121 Å². The molecule has 0 bridgehead atoms. The molecule has 2 atom stereocenters. The van der Waals surface area contributed by atoms with Crippen molar-refractivity contribution < 1.29 is 5.11 Å². The van der Waals surface area contributed by atoms with Crippen molar-refractivity contribution in [2.45, 2.75) is 57.5 Å². The summed E-state index contributed by atoms with van der Waals surface area (Å²) in [6.45, 7) is 4.51. The molecule has 1 N–H and O–H groups in total. The number of benzene rings is 2. The third kappa shape index (κ3) is 2.35. The Kier molecular flexibility index (Phi) is 3.80. The van der Waals surface area contributed by atoms with Crippen LogP contribution in [0.1, 0.15) is 62.5 Å². The summed E-state index contributed by atoms with van der Waals surface area (Å²) >= 11 is 0. The van der Waals surface area contributed by atoms with Gasteiger partial charge in [-0.15, -0.1) is 0 Å². The fourth-order valence-corrected chi connectivity index (χ4v) is 3.68. The molecular weight excluding hydrogens is 244 g/mol. The van der Waals surface area contributed by atoms with Crippen LogP contribution in [0.3, 0.4) is 0 Å². The molecule has 2 aromatic carbocycles. The zero-order valence-corrected chi connectivity index (χ0v) is 12.5. The van der Waals surface area contributed by atoms with Crippen LogP contribution in [0, 0.1) is 0 Å². The third-order valence-corrected chi connectivity index (χ3v) is 4.73. The summed E-state index contributed by atoms with van der Waals surface area (Å²) in [6, 6.07) is 13.1. The Morgan fingerprint density at radius 2 is 1.75 bits per heavy atom. The highest BCUT2D eigenvalue weighted by Gasteiger charge is 2.28. The Morgan fingerprint density at radius 3 is 2.50 bits per heavy atom. The van der Waals surface area contributed by atoms with E-state index in [4.69, 9.17) is 0 Å². The number of fused-ring (bicyclic) bond motifs is 1. The van der Waals surface area contributed by atoms with Crippen LogP contribution in [0.4, 0.5) is 0 Å². The van der Waals surface area contributed by atoms with Crippen molar-refractivity contribution >= 4 is 10.8 Å². The van der Waals surface area contributed by atoms with Gasteiger partial charge in [0.2, 0.25) is 0 Å². The predicted molar refractivity (Wildman–Crippen MR) is 85.3 cm³/mol. The lowest BCUT2D eigenvalue weighted by Gasteiger charge is -2.31. The summed E-state index contributed by atoms with van der Waals surface area (Å²) < 4.78 is 0. The van der Waals surface area contributed by atoms with E-state index in [0.717, 1.165) is 12.8 Å². The van der Waals surface area contributed by atoms with Crippen molar-refractivity contribution in [1.82, 2.24) is 0 Å². The number of hydrogen-bond donors (Lipinski definition) is 1. The molecule has 1 saturated carbocycles. The first-order chi connectivity index (χ1) is 9.68. The summed E-state index contributed by atoms with van der Waals surface area (Å²) in [6.07, 6.45) is 4.30. The predicted octanol–water partition coefficient (Wildman–Crippen LogP) is 4.98. The molecular formula is C19H24O. The molecule has 0 heterocycles. The first-order valence-corrected chi connectivity index (χ1v) is 7.88. The zero-order valence-electron chi connectivity index (χ0n) is 12.5. The molecule has 1 aliphatic carbocycles. The van der Waals surface area contributed by atoms with Crippen LogP contribution in [0.15, 0.2) is 36.4 Å². The minimum Gasteiger partial charge on any atom is -0.392 e. The SMILES string of the molecule is CC(C)c1ccc2ccccc2c1[C@H]1CCCC[C@H]1O. The molecule has 3 rings (SSSR count). The van der Waals surface area contributed by atoms with E-state index >= 15 is 0 Å². The molecule has 0 radical (unpaired) electrons. The first kappa shape index (κ1) is 13.6. The van der Waals surface area contributed by atoms with E-state index in [-0.39, 0.29) is 6.10 Å². The van der Waals surface area contributed by atoms with E-state index in [1.54, 1.807) is 0 Å². The lowest BCUT2D eigenvalue weighted by Crippen LogP contribution is -2.24. The van der Waals surface area contributed by atoms with Crippen molar-refractivity contribution in [1.29, 1.82) is 0 Å². The fraction of sp³-hybridized carbons (Fsp3) is 0.474. The first-order valence-electron chi connectivity index (χ1n) is 7.88. The maximum atomic E-state index is 10.5. The van der Waals surface area contributed by atoms with E-state index < -0.39 is 0 Å². The lowest BCUT2D eigenvalue weighted by atomic mass is 9.76. The molecule has 0 amide bonds. The molecule has 0 aromatic heterocycles. The van der Waals surface area contributed by atoms with Crippen LogP contribution in [-0.4, -0.2) is 11.2 Å². The van der Waals surface area contributed by atoms with E-state index in [2.05, 4.69) is 50.2 Å². The highest BCUT2D eigenvalue weighted by atomic mass is 16.3. The fourth-order valence-electron chi connectivity index (χ4n) is 3.68. The molecule has 106 valence electrons. The summed E-state index contributed by atoms with van der Waals surface area (Å²) in [5.41, 5.74) is 2.82. The summed E-state index contributed by atoms with van der Waals surface area (Å²) in [5, 5.41) is 13.1. The van der Waals surface area contributed by atoms with E-state index in [1.807, 2.05) is 0 Å². The quantitative estimate of drug-likeness (QED) is 0.814. The standard InChI is InChI=1S/C19H24O/c1-13(2)15-12-11-14-7-3-4-8-16(14)19(15)17-9-5-6-10-18(17)20/h3-4,7-8,11-13,17-18,20H,5-6,9-10H2,1-2H3/t17-,18+/m0/s1. The maximum absolute atomic E-state index is 10.5. The summed E-state index contributed by atoms with van der Waals surface area (Å²) in [4.78, 5) is 0. The largest absolute Gasteiger partial charge is 0.392 e. The molecule has 1 aliphatic rings. The molecule has 0 saturated heterocycles. The third-order valence-electron chi connectivity index (χ3n) is 4.73. The van der Waals surface area contributed by atoms with Crippen LogP contribution in [0.5, 0.6) is 0 Å². The van der Waals surface area contributed by atoms with Crippen molar-refractivity contribution in [3.8, 4) is 0 Å². The molecule has 0 spiro atoms. The van der Waals surface area contributed by atoms with Crippen molar-refractivity contribution in [3.63, 3.8) is 0 Å². The van der Waals surface area contributed by atoms with E-state index in [0.29, 0.717) is 11.8 Å². The van der Waals surface area contributed by atoms with Crippen LogP contribution >= 0.6 is 0 Å². The summed E-state index contributed by atoms with van der Waals surface area (Å²) in [7, 11) is 0. The molecule has 0 aliphatic heterocycles. The smallest absolute Gasteiger partial charge is 0.0609 e. The van der Waals surface area contributed by atoms with Gasteiger partial charge in [0, 0.05) is 5.92 Å². The van der Waals surface area contributed by atoms with Crippen LogP contribution in [-0.2, 0) is 0 Å². The molecule has 1 heteroatoms. The highest BCUT2D eigenvalue weighted by Crippen LogP contribution is 2.40. The Bertz CT molecular complexity index is 600. The minimum absolute atomic E-state index is 0.174. The molecule has 0 unspecified atom stereocenters. The van der Waals surface area contributed by atoms with Gasteiger partial charge in [0.1, 0.15) is 0 Å². The van der Waals surface area contributed by atoms with Gasteiger partial charge in [-0.3, -0.25) is 0 Å². The van der Waals surface area contributed by atoms with Gasteiger partial charge in [-0.2, -0.15) is 0 Å². The average Bonchev–Trinajstić information content (AvgIpc) is 2.46. The minimum atomic E-state index is -0.174. The molecule has 20 heavy (non-hydrogen) atoms. The highest BCUT2D eigenvalue weighted by molar-refractivity contribution is 5.87. The van der Waals surface area contributed by atoms with E-state index in [1.165, 1.54) is 34.7 Å². The Morgan fingerprint density at radius 1 is 1.00 bits per heavy atom. The molecule has 1 nitrogen and oxygen atoms in total. The van der Waals surface area contributed by atoms with Gasteiger partial charge in [-0.1, -0.05) is 63.1 Å². The molecule has 2 aromatic rings. The molecule has 1 fully saturated rings. The second-order valence-corrected chi connectivity index (χ2v) is 6.40. The zero-order chi connectivity index (χ0) is 14.1. The topological polar surface area (TPSA) is 20.2 Å². The summed E-state index contributed by atoms with van der Waals surface area (Å²) in [5.74, 6) is 0.816. The average molecular weight is 268 g/mol. The van der Waals surface area contributed by atoms with Crippen molar-refractivity contribution in [2.75, 3.05) is 0 Å².